The van der Waals surface area contributed by atoms with Crippen molar-refractivity contribution in [3.8, 4) is 0 Å². The first-order valence-corrected chi connectivity index (χ1v) is 6.85. The van der Waals surface area contributed by atoms with Crippen molar-refractivity contribution in [2.75, 3.05) is 18.9 Å². The summed E-state index contributed by atoms with van der Waals surface area (Å²) < 4.78 is 13.6. The monoisotopic (exact) mass is 257 g/mol. The van der Waals surface area contributed by atoms with E-state index in [1.807, 2.05) is 6.07 Å². The molecule has 1 aromatic carbocycles. The zero-order valence-electron chi connectivity index (χ0n) is 10.4. The van der Waals surface area contributed by atoms with Gasteiger partial charge >= 0.3 is 0 Å². The van der Waals surface area contributed by atoms with Crippen molar-refractivity contribution in [2.45, 2.75) is 25.3 Å². The Morgan fingerprint density at radius 3 is 2.82 bits per heavy atom. The van der Waals surface area contributed by atoms with Crippen LogP contribution in [0.4, 0.5) is 4.39 Å². The topological polar surface area (TPSA) is 32.3 Å². The molecule has 96 valence electrons. The maximum atomic E-state index is 13.6. The molecule has 0 radical (unpaired) electrons. The number of halogens is 1. The molecule has 0 bridgehead atoms. The molecule has 0 saturated carbocycles. The predicted molar refractivity (Wildman–Crippen MR) is 70.8 cm³/mol. The molecule has 0 aromatic heterocycles. The van der Waals surface area contributed by atoms with Gasteiger partial charge in [0.1, 0.15) is 5.82 Å². The van der Waals surface area contributed by atoms with E-state index in [1.54, 1.807) is 6.07 Å². The second-order valence-corrected chi connectivity index (χ2v) is 5.43. The molecule has 0 saturated heterocycles. The van der Waals surface area contributed by atoms with Gasteiger partial charge in [-0.2, -0.15) is 0 Å². The van der Waals surface area contributed by atoms with Crippen LogP contribution in [0.1, 0.15) is 19.4 Å². The van der Waals surface area contributed by atoms with E-state index in [4.69, 9.17) is 5.11 Å². The SMILES string of the molecule is CC(C)CNCc1cccc(F)c1SCCO. The zero-order valence-corrected chi connectivity index (χ0v) is 11.2. The number of nitrogens with one attached hydrogen (secondary N) is 1. The number of hydrogen-bond donors (Lipinski definition) is 2. The Bertz CT molecular complexity index is 344. The lowest BCUT2D eigenvalue weighted by Crippen LogP contribution is -2.19. The van der Waals surface area contributed by atoms with E-state index in [9.17, 15) is 4.39 Å². The van der Waals surface area contributed by atoms with Crippen LogP contribution in [-0.2, 0) is 6.54 Å². The van der Waals surface area contributed by atoms with E-state index in [1.165, 1.54) is 17.8 Å². The van der Waals surface area contributed by atoms with Gasteiger partial charge in [-0.05, 0) is 24.1 Å². The smallest absolute Gasteiger partial charge is 0.137 e. The second kappa shape index (κ2) is 7.69. The normalized spacial score (nSPS) is 11.1. The Labute approximate surface area is 107 Å². The van der Waals surface area contributed by atoms with Crippen LogP contribution in [0.2, 0.25) is 0 Å². The molecule has 4 heteroatoms. The number of benzene rings is 1. The van der Waals surface area contributed by atoms with Crippen molar-refractivity contribution >= 4 is 11.8 Å². The van der Waals surface area contributed by atoms with E-state index in [2.05, 4.69) is 19.2 Å². The number of thioether (sulfide) groups is 1. The molecule has 0 fully saturated rings. The summed E-state index contributed by atoms with van der Waals surface area (Å²) in [6, 6.07) is 5.12. The van der Waals surface area contributed by atoms with Gasteiger partial charge in [-0.15, -0.1) is 11.8 Å². The quantitative estimate of drug-likeness (QED) is 0.737. The van der Waals surface area contributed by atoms with E-state index in [0.29, 0.717) is 23.1 Å². The summed E-state index contributed by atoms with van der Waals surface area (Å²) in [5.41, 5.74) is 0.962. The number of hydrogen-bond acceptors (Lipinski definition) is 3. The van der Waals surface area contributed by atoms with E-state index in [0.717, 1.165) is 12.1 Å². The van der Waals surface area contributed by atoms with Crippen LogP contribution in [0.3, 0.4) is 0 Å². The molecule has 1 aromatic rings. The van der Waals surface area contributed by atoms with Gasteiger partial charge in [-0.25, -0.2) is 4.39 Å². The van der Waals surface area contributed by atoms with Gasteiger partial charge < -0.3 is 10.4 Å². The highest BCUT2D eigenvalue weighted by atomic mass is 32.2. The molecule has 0 unspecified atom stereocenters. The van der Waals surface area contributed by atoms with Crippen molar-refractivity contribution in [1.82, 2.24) is 5.32 Å². The first-order chi connectivity index (χ1) is 8.15. The van der Waals surface area contributed by atoms with Gasteiger partial charge in [-0.3, -0.25) is 0 Å². The maximum absolute atomic E-state index is 13.6. The van der Waals surface area contributed by atoms with Gasteiger partial charge in [-0.1, -0.05) is 26.0 Å². The third kappa shape index (κ3) is 5.06. The summed E-state index contributed by atoms with van der Waals surface area (Å²) in [5.74, 6) is 0.905. The number of aliphatic hydroxyl groups excluding tert-OH is 1. The minimum absolute atomic E-state index is 0.0673. The third-order valence-electron chi connectivity index (χ3n) is 2.25. The Balaban J connectivity index is 2.65. The number of rotatable bonds is 7. The average Bonchev–Trinajstić information content (AvgIpc) is 2.28. The predicted octanol–water partition coefficient (Wildman–Crippen LogP) is 2.66. The number of aliphatic hydroxyl groups is 1. The zero-order chi connectivity index (χ0) is 12.7. The Hall–Kier alpha value is -0.580. The molecule has 1 rings (SSSR count). The molecule has 0 aliphatic rings. The highest BCUT2D eigenvalue weighted by Crippen LogP contribution is 2.25. The summed E-state index contributed by atoms with van der Waals surface area (Å²) in [6.07, 6.45) is 0. The summed E-state index contributed by atoms with van der Waals surface area (Å²) in [7, 11) is 0. The van der Waals surface area contributed by atoms with Crippen molar-refractivity contribution in [3.63, 3.8) is 0 Å². The average molecular weight is 257 g/mol. The maximum Gasteiger partial charge on any atom is 0.137 e. The van der Waals surface area contributed by atoms with Crippen LogP contribution < -0.4 is 5.32 Å². The molecule has 0 heterocycles. The molecule has 0 aliphatic heterocycles. The fourth-order valence-corrected chi connectivity index (χ4v) is 2.32. The molecule has 0 aliphatic carbocycles. The Morgan fingerprint density at radius 1 is 1.41 bits per heavy atom. The van der Waals surface area contributed by atoms with Gasteiger partial charge in [0.05, 0.1) is 6.61 Å². The second-order valence-electron chi connectivity index (χ2n) is 4.32. The summed E-state index contributed by atoms with van der Waals surface area (Å²) >= 11 is 1.37. The van der Waals surface area contributed by atoms with E-state index in [-0.39, 0.29) is 12.4 Å². The Kier molecular flexibility index (Phi) is 6.55. The first-order valence-electron chi connectivity index (χ1n) is 5.87. The van der Waals surface area contributed by atoms with Crippen LogP contribution >= 0.6 is 11.8 Å². The minimum Gasteiger partial charge on any atom is -0.396 e. The van der Waals surface area contributed by atoms with Crippen LogP contribution in [-0.4, -0.2) is 24.0 Å². The molecule has 17 heavy (non-hydrogen) atoms. The highest BCUT2D eigenvalue weighted by molar-refractivity contribution is 7.99. The largest absolute Gasteiger partial charge is 0.396 e. The van der Waals surface area contributed by atoms with Gasteiger partial charge in [0.15, 0.2) is 0 Å². The first kappa shape index (κ1) is 14.5. The highest BCUT2D eigenvalue weighted by Gasteiger charge is 2.08. The fraction of sp³-hybridized carbons (Fsp3) is 0.538. The van der Waals surface area contributed by atoms with Crippen molar-refractivity contribution < 1.29 is 9.50 Å². The molecule has 2 N–H and O–H groups in total. The standard InChI is InChI=1S/C13H20FNOS/c1-10(2)8-15-9-11-4-3-5-12(14)13(11)17-7-6-16/h3-5,10,15-16H,6-9H2,1-2H3. The van der Waals surface area contributed by atoms with Crippen molar-refractivity contribution in [3.05, 3.63) is 29.6 Å². The Morgan fingerprint density at radius 2 is 2.18 bits per heavy atom. The molecule has 0 spiro atoms. The lowest BCUT2D eigenvalue weighted by molar-refractivity contribution is 0.322. The lowest BCUT2D eigenvalue weighted by atomic mass is 10.2. The molecular weight excluding hydrogens is 237 g/mol. The van der Waals surface area contributed by atoms with Crippen LogP contribution in [0.25, 0.3) is 0 Å². The van der Waals surface area contributed by atoms with Gasteiger partial charge in [0.25, 0.3) is 0 Å². The molecular formula is C13H20FNOS. The van der Waals surface area contributed by atoms with Crippen molar-refractivity contribution in [2.24, 2.45) is 5.92 Å². The molecule has 2 nitrogen and oxygen atoms in total. The minimum atomic E-state index is -0.202. The van der Waals surface area contributed by atoms with Crippen molar-refractivity contribution in [1.29, 1.82) is 0 Å². The fourth-order valence-electron chi connectivity index (χ4n) is 1.50. The van der Waals surface area contributed by atoms with Crippen LogP contribution in [0, 0.1) is 11.7 Å². The third-order valence-corrected chi connectivity index (χ3v) is 3.39. The summed E-state index contributed by atoms with van der Waals surface area (Å²) in [5, 5.41) is 12.1. The van der Waals surface area contributed by atoms with E-state index < -0.39 is 0 Å². The van der Waals surface area contributed by atoms with Gasteiger partial charge in [0.2, 0.25) is 0 Å². The summed E-state index contributed by atoms with van der Waals surface area (Å²) in [6.45, 7) is 5.93. The van der Waals surface area contributed by atoms with E-state index >= 15 is 0 Å². The lowest BCUT2D eigenvalue weighted by Gasteiger charge is -2.12. The van der Waals surface area contributed by atoms with Crippen LogP contribution in [0.5, 0.6) is 0 Å². The molecule has 0 atom stereocenters. The summed E-state index contributed by atoms with van der Waals surface area (Å²) in [4.78, 5) is 0.651. The molecule has 0 amide bonds. The van der Waals surface area contributed by atoms with Gasteiger partial charge in [0, 0.05) is 17.2 Å². The van der Waals surface area contributed by atoms with Crippen LogP contribution in [0.15, 0.2) is 23.1 Å².